The number of carboxylic acid groups (broad SMARTS) is 1. The number of hydrogen-bond donors (Lipinski definition) is 2. The number of alkyl carbamates (subject to hydrolysis) is 1. The molecule has 10 nitrogen and oxygen atoms in total. The zero-order chi connectivity index (χ0) is 21.0. The summed E-state index contributed by atoms with van der Waals surface area (Å²) in [6, 6.07) is -0.0204. The molecule has 1 amide bonds. The van der Waals surface area contributed by atoms with Gasteiger partial charge in [-0.2, -0.15) is 0 Å². The molecule has 3 heterocycles. The van der Waals surface area contributed by atoms with Gasteiger partial charge >= 0.3 is 12.1 Å². The average molecular weight is 404 g/mol. The second kappa shape index (κ2) is 8.62. The molecule has 0 spiro atoms. The molecule has 0 aliphatic carbocycles. The van der Waals surface area contributed by atoms with Crippen LogP contribution < -0.4 is 10.2 Å². The summed E-state index contributed by atoms with van der Waals surface area (Å²) in [5.41, 5.74) is 0.913. The Labute approximate surface area is 169 Å². The van der Waals surface area contributed by atoms with Gasteiger partial charge in [0, 0.05) is 26.1 Å². The van der Waals surface area contributed by atoms with E-state index in [1.165, 1.54) is 6.33 Å². The summed E-state index contributed by atoms with van der Waals surface area (Å²) in [7, 11) is 0. The molecule has 29 heavy (non-hydrogen) atoms. The Morgan fingerprint density at radius 2 is 2.07 bits per heavy atom. The molecule has 0 aromatic carbocycles. The van der Waals surface area contributed by atoms with Crippen molar-refractivity contribution in [3.05, 3.63) is 12.7 Å². The minimum absolute atomic E-state index is 0.0204. The van der Waals surface area contributed by atoms with Crippen molar-refractivity contribution in [2.24, 2.45) is 0 Å². The first-order chi connectivity index (χ1) is 13.7. The van der Waals surface area contributed by atoms with E-state index in [0.717, 1.165) is 30.9 Å². The first kappa shape index (κ1) is 20.8. The van der Waals surface area contributed by atoms with Gasteiger partial charge in [-0.25, -0.2) is 19.7 Å². The number of anilines is 1. The number of amides is 1. The smallest absolute Gasteiger partial charge is 0.407 e. The number of carbonyl (C=O) groups is 2. The molecular formula is C19H28N6O4. The quantitative estimate of drug-likeness (QED) is 0.673. The number of aryl methyl sites for hydroxylation is 1. The van der Waals surface area contributed by atoms with Crippen LogP contribution in [-0.2, 0) is 16.1 Å². The first-order valence-corrected chi connectivity index (χ1v) is 9.85. The van der Waals surface area contributed by atoms with Gasteiger partial charge in [0.2, 0.25) is 0 Å². The lowest BCUT2D eigenvalue weighted by Gasteiger charge is -2.22. The highest BCUT2D eigenvalue weighted by Crippen LogP contribution is 2.25. The fraction of sp³-hybridized carbons (Fsp3) is 0.632. The van der Waals surface area contributed by atoms with Gasteiger partial charge in [0.15, 0.2) is 17.0 Å². The van der Waals surface area contributed by atoms with Crippen molar-refractivity contribution in [1.29, 1.82) is 0 Å². The van der Waals surface area contributed by atoms with Crippen molar-refractivity contribution in [2.75, 3.05) is 18.0 Å². The number of fused-ring (bicyclic) bond motifs is 1. The third kappa shape index (κ3) is 5.55. The highest BCUT2D eigenvalue weighted by Gasteiger charge is 2.28. The van der Waals surface area contributed by atoms with Gasteiger partial charge in [0.25, 0.3) is 0 Å². The molecule has 2 N–H and O–H groups in total. The lowest BCUT2D eigenvalue weighted by Crippen LogP contribution is -2.40. The van der Waals surface area contributed by atoms with E-state index >= 15 is 0 Å². The largest absolute Gasteiger partial charge is 0.481 e. The Morgan fingerprint density at radius 1 is 1.28 bits per heavy atom. The van der Waals surface area contributed by atoms with Crippen molar-refractivity contribution in [1.82, 2.24) is 24.8 Å². The van der Waals surface area contributed by atoms with E-state index in [1.54, 1.807) is 6.33 Å². The summed E-state index contributed by atoms with van der Waals surface area (Å²) >= 11 is 0. The Kier molecular flexibility index (Phi) is 6.19. The van der Waals surface area contributed by atoms with Gasteiger partial charge in [-0.1, -0.05) is 0 Å². The summed E-state index contributed by atoms with van der Waals surface area (Å²) < 4.78 is 7.25. The number of nitrogens with zero attached hydrogens (tertiary/aromatic N) is 5. The molecule has 10 heteroatoms. The zero-order valence-electron chi connectivity index (χ0n) is 17.1. The minimum atomic E-state index is -0.784. The Bertz CT molecular complexity index is 875. The number of aromatic nitrogens is 4. The van der Waals surface area contributed by atoms with Crippen molar-refractivity contribution in [3.8, 4) is 0 Å². The molecule has 1 fully saturated rings. The third-order valence-electron chi connectivity index (χ3n) is 4.63. The number of ether oxygens (including phenoxy) is 1. The fourth-order valence-electron chi connectivity index (χ4n) is 3.37. The normalized spacial score (nSPS) is 16.9. The number of imidazole rings is 1. The molecule has 1 aliphatic heterocycles. The van der Waals surface area contributed by atoms with Crippen LogP contribution in [0.1, 0.15) is 46.5 Å². The van der Waals surface area contributed by atoms with Crippen LogP contribution in [0.3, 0.4) is 0 Å². The molecular weight excluding hydrogens is 376 g/mol. The summed E-state index contributed by atoms with van der Waals surface area (Å²) in [5, 5.41) is 11.7. The molecule has 1 atom stereocenters. The second-order valence-electron chi connectivity index (χ2n) is 8.24. The van der Waals surface area contributed by atoms with Crippen LogP contribution in [0, 0.1) is 0 Å². The molecule has 0 bridgehead atoms. The predicted molar refractivity (Wildman–Crippen MR) is 107 cm³/mol. The van der Waals surface area contributed by atoms with Crippen LogP contribution in [0.15, 0.2) is 12.7 Å². The molecule has 158 valence electrons. The van der Waals surface area contributed by atoms with Crippen LogP contribution in [0.4, 0.5) is 10.6 Å². The second-order valence-corrected chi connectivity index (χ2v) is 8.24. The van der Waals surface area contributed by atoms with E-state index < -0.39 is 17.7 Å². The molecule has 1 saturated heterocycles. The van der Waals surface area contributed by atoms with Crippen LogP contribution in [-0.4, -0.2) is 61.4 Å². The van der Waals surface area contributed by atoms with E-state index in [0.29, 0.717) is 25.0 Å². The number of hydrogen-bond acceptors (Lipinski definition) is 7. The van der Waals surface area contributed by atoms with E-state index in [2.05, 4.69) is 25.2 Å². The van der Waals surface area contributed by atoms with Gasteiger partial charge in [-0.05, 0) is 40.0 Å². The van der Waals surface area contributed by atoms with Gasteiger partial charge < -0.3 is 24.6 Å². The van der Waals surface area contributed by atoms with Crippen molar-refractivity contribution in [2.45, 2.75) is 64.6 Å². The highest BCUT2D eigenvalue weighted by atomic mass is 16.6. The van der Waals surface area contributed by atoms with E-state index in [1.807, 2.05) is 25.3 Å². The maximum atomic E-state index is 12.0. The number of unbranched alkanes of at least 4 members (excludes halogenated alkanes) is 1. The molecule has 3 rings (SSSR count). The topological polar surface area (TPSA) is 122 Å². The van der Waals surface area contributed by atoms with Gasteiger partial charge in [-0.3, -0.25) is 4.79 Å². The Hall–Kier alpha value is -2.91. The number of rotatable bonds is 7. The summed E-state index contributed by atoms with van der Waals surface area (Å²) in [6.45, 7) is 7.54. The lowest BCUT2D eigenvalue weighted by atomic mass is 10.2. The van der Waals surface area contributed by atoms with Crippen LogP contribution >= 0.6 is 0 Å². The van der Waals surface area contributed by atoms with Crippen LogP contribution in [0.25, 0.3) is 11.2 Å². The van der Waals surface area contributed by atoms with Gasteiger partial charge in [-0.15, -0.1) is 0 Å². The summed E-state index contributed by atoms with van der Waals surface area (Å²) in [5.74, 6) is -0.0403. The molecule has 1 aliphatic rings. The summed E-state index contributed by atoms with van der Waals surface area (Å²) in [4.78, 5) is 38.0. The predicted octanol–water partition coefficient (Wildman–Crippen LogP) is 2.18. The van der Waals surface area contributed by atoms with Crippen molar-refractivity contribution in [3.63, 3.8) is 0 Å². The number of aliphatic carboxylic acids is 1. The summed E-state index contributed by atoms with van der Waals surface area (Å²) in [6.07, 6.45) is 5.12. The molecule has 1 unspecified atom stereocenters. The SMILES string of the molecule is CC(C)(C)OC(=O)NC1CCN(c2ncnc3c2ncn3CCCCC(=O)O)C1. The third-order valence-corrected chi connectivity index (χ3v) is 4.63. The van der Waals surface area contributed by atoms with Crippen molar-refractivity contribution >= 4 is 29.0 Å². The maximum Gasteiger partial charge on any atom is 0.407 e. The average Bonchev–Trinajstić information content (AvgIpc) is 3.23. The zero-order valence-corrected chi connectivity index (χ0v) is 17.1. The highest BCUT2D eigenvalue weighted by molar-refractivity contribution is 5.83. The van der Waals surface area contributed by atoms with Gasteiger partial charge in [0.1, 0.15) is 11.9 Å². The maximum absolute atomic E-state index is 12.0. The first-order valence-electron chi connectivity index (χ1n) is 9.85. The number of carbonyl (C=O) groups excluding carboxylic acids is 1. The number of nitrogens with one attached hydrogen (secondary N) is 1. The van der Waals surface area contributed by atoms with E-state index in [9.17, 15) is 9.59 Å². The van der Waals surface area contributed by atoms with Crippen LogP contribution in [0.2, 0.25) is 0 Å². The molecule has 2 aromatic heterocycles. The lowest BCUT2D eigenvalue weighted by molar-refractivity contribution is -0.137. The van der Waals surface area contributed by atoms with Gasteiger partial charge in [0.05, 0.1) is 12.4 Å². The van der Waals surface area contributed by atoms with E-state index in [4.69, 9.17) is 9.84 Å². The number of carboxylic acids is 1. The molecule has 0 saturated carbocycles. The standard InChI is InChI=1S/C19H28N6O4/c1-19(2,3)29-18(28)23-13-7-9-24(10-13)16-15-17(21-11-20-16)25(12-22-15)8-5-4-6-14(26)27/h11-13H,4-10H2,1-3H3,(H,23,28)(H,26,27). The Morgan fingerprint density at radius 3 is 2.79 bits per heavy atom. The monoisotopic (exact) mass is 404 g/mol. The van der Waals surface area contributed by atoms with E-state index in [-0.39, 0.29) is 12.5 Å². The fourth-order valence-corrected chi connectivity index (χ4v) is 3.37. The molecule has 2 aromatic rings. The van der Waals surface area contributed by atoms with Crippen molar-refractivity contribution < 1.29 is 19.4 Å². The minimum Gasteiger partial charge on any atom is -0.481 e. The Balaban J connectivity index is 1.63. The van der Waals surface area contributed by atoms with Crippen LogP contribution in [0.5, 0.6) is 0 Å². The molecule has 0 radical (unpaired) electrons.